The van der Waals surface area contributed by atoms with Crippen LogP contribution in [0, 0.1) is 0 Å². The van der Waals surface area contributed by atoms with Crippen molar-refractivity contribution in [1.82, 2.24) is 15.2 Å². The Labute approximate surface area is 171 Å². The van der Waals surface area contributed by atoms with Gasteiger partial charge in [-0.15, -0.1) is 11.6 Å². The van der Waals surface area contributed by atoms with E-state index in [2.05, 4.69) is 10.3 Å². The molecule has 0 radical (unpaired) electrons. The van der Waals surface area contributed by atoms with Crippen LogP contribution in [0.25, 0.3) is 0 Å². The largest absolute Gasteiger partial charge is 0.351 e. The second-order valence-corrected chi connectivity index (χ2v) is 7.43. The summed E-state index contributed by atoms with van der Waals surface area (Å²) < 4.78 is 0. The number of hydrogen-bond donors (Lipinski definition) is 1. The highest BCUT2D eigenvalue weighted by Crippen LogP contribution is 2.25. The van der Waals surface area contributed by atoms with Crippen molar-refractivity contribution in [2.24, 2.45) is 0 Å². The molecule has 3 rings (SSSR count). The minimum Gasteiger partial charge on any atom is -0.351 e. The quantitative estimate of drug-likeness (QED) is 0.719. The van der Waals surface area contributed by atoms with Gasteiger partial charge in [0.2, 0.25) is 11.8 Å². The van der Waals surface area contributed by atoms with E-state index < -0.39 is 6.04 Å². The first kappa shape index (κ1) is 20.3. The third kappa shape index (κ3) is 5.32. The summed E-state index contributed by atoms with van der Waals surface area (Å²) in [6.07, 6.45) is 8.71. The van der Waals surface area contributed by atoms with Crippen LogP contribution in [-0.2, 0) is 16.1 Å². The Morgan fingerprint density at radius 1 is 1.07 bits per heavy atom. The fourth-order valence-electron chi connectivity index (χ4n) is 3.73. The van der Waals surface area contributed by atoms with E-state index >= 15 is 0 Å². The van der Waals surface area contributed by atoms with Crippen LogP contribution >= 0.6 is 11.6 Å². The van der Waals surface area contributed by atoms with Crippen LogP contribution in [-0.4, -0.2) is 33.6 Å². The summed E-state index contributed by atoms with van der Waals surface area (Å²) >= 11 is 5.91. The summed E-state index contributed by atoms with van der Waals surface area (Å²) in [6.45, 7) is 0.317. The molecule has 1 aliphatic carbocycles. The Bertz CT molecular complexity index is 764. The Kier molecular flexibility index (Phi) is 7.43. The van der Waals surface area contributed by atoms with E-state index in [-0.39, 0.29) is 23.7 Å². The van der Waals surface area contributed by atoms with E-state index in [0.29, 0.717) is 6.54 Å². The Morgan fingerprint density at radius 2 is 1.75 bits per heavy atom. The highest BCUT2D eigenvalue weighted by molar-refractivity contribution is 6.27. The van der Waals surface area contributed by atoms with Crippen molar-refractivity contribution in [2.45, 2.75) is 50.7 Å². The van der Waals surface area contributed by atoms with Gasteiger partial charge in [0.1, 0.15) is 11.9 Å². The molecule has 6 heteroatoms. The van der Waals surface area contributed by atoms with E-state index in [4.69, 9.17) is 11.6 Å². The van der Waals surface area contributed by atoms with Gasteiger partial charge in [-0.25, -0.2) is 0 Å². The van der Waals surface area contributed by atoms with Crippen LogP contribution in [0.1, 0.15) is 49.3 Å². The second kappa shape index (κ2) is 10.2. The van der Waals surface area contributed by atoms with Crippen molar-refractivity contribution in [3.05, 3.63) is 66.0 Å². The molecule has 1 N–H and O–H groups in total. The molecule has 0 spiro atoms. The average Bonchev–Trinajstić information content (AvgIpc) is 2.75. The number of aromatic nitrogens is 1. The van der Waals surface area contributed by atoms with E-state index in [1.165, 1.54) is 6.42 Å². The lowest BCUT2D eigenvalue weighted by molar-refractivity contribution is -0.140. The number of amides is 2. The zero-order valence-corrected chi connectivity index (χ0v) is 16.6. The molecule has 1 saturated carbocycles. The monoisotopic (exact) mass is 399 g/mol. The summed E-state index contributed by atoms with van der Waals surface area (Å²) in [5.74, 6) is -0.607. The highest BCUT2D eigenvalue weighted by atomic mass is 35.5. The van der Waals surface area contributed by atoms with Gasteiger partial charge in [-0.3, -0.25) is 14.6 Å². The van der Waals surface area contributed by atoms with Crippen molar-refractivity contribution < 1.29 is 9.59 Å². The van der Waals surface area contributed by atoms with Gasteiger partial charge in [-0.2, -0.15) is 0 Å². The molecule has 2 aromatic rings. The van der Waals surface area contributed by atoms with Crippen molar-refractivity contribution in [1.29, 1.82) is 0 Å². The third-order valence-corrected chi connectivity index (χ3v) is 5.39. The molecule has 0 unspecified atom stereocenters. The van der Waals surface area contributed by atoms with E-state index in [9.17, 15) is 9.59 Å². The lowest BCUT2D eigenvalue weighted by atomic mass is 9.94. The van der Waals surface area contributed by atoms with Gasteiger partial charge in [0.15, 0.2) is 0 Å². The fraction of sp³-hybridized carbons (Fsp3) is 0.409. The molecule has 1 aromatic heterocycles. The molecule has 0 saturated heterocycles. The molecule has 148 valence electrons. The molecule has 1 atom stereocenters. The maximum Gasteiger partial charge on any atom is 0.247 e. The van der Waals surface area contributed by atoms with Crippen molar-refractivity contribution in [3.8, 4) is 0 Å². The summed E-state index contributed by atoms with van der Waals surface area (Å²) in [5, 5.41) is 3.17. The average molecular weight is 400 g/mol. The van der Waals surface area contributed by atoms with Crippen LogP contribution in [0.2, 0.25) is 0 Å². The maximum atomic E-state index is 13.3. The summed E-state index contributed by atoms with van der Waals surface area (Å²) in [4.78, 5) is 31.6. The van der Waals surface area contributed by atoms with Crippen LogP contribution in [0.5, 0.6) is 0 Å². The molecule has 0 aliphatic heterocycles. The molecule has 5 nitrogen and oxygen atoms in total. The number of alkyl halides is 1. The van der Waals surface area contributed by atoms with Crippen LogP contribution in [0.4, 0.5) is 0 Å². The lowest BCUT2D eigenvalue weighted by Crippen LogP contribution is -2.47. The molecular weight excluding hydrogens is 374 g/mol. The predicted molar refractivity (Wildman–Crippen MR) is 110 cm³/mol. The molecular formula is C22H26ClN3O2. The van der Waals surface area contributed by atoms with Crippen molar-refractivity contribution in [3.63, 3.8) is 0 Å². The zero-order chi connectivity index (χ0) is 19.8. The van der Waals surface area contributed by atoms with E-state index in [1.807, 2.05) is 30.3 Å². The van der Waals surface area contributed by atoms with Crippen LogP contribution in [0.15, 0.2) is 54.9 Å². The predicted octanol–water partition coefficient (Wildman–Crippen LogP) is 3.84. The summed E-state index contributed by atoms with van der Waals surface area (Å²) in [7, 11) is 0. The van der Waals surface area contributed by atoms with Gasteiger partial charge in [0.25, 0.3) is 0 Å². The number of benzene rings is 1. The first-order chi connectivity index (χ1) is 13.7. The van der Waals surface area contributed by atoms with Crippen LogP contribution in [0.3, 0.4) is 0 Å². The van der Waals surface area contributed by atoms with Gasteiger partial charge in [0, 0.05) is 25.0 Å². The minimum atomic E-state index is -0.739. The Morgan fingerprint density at radius 3 is 2.39 bits per heavy atom. The van der Waals surface area contributed by atoms with Crippen molar-refractivity contribution >= 4 is 23.4 Å². The van der Waals surface area contributed by atoms with E-state index in [0.717, 1.165) is 36.8 Å². The normalized spacial score (nSPS) is 15.6. The number of pyridine rings is 1. The highest BCUT2D eigenvalue weighted by Gasteiger charge is 2.32. The summed E-state index contributed by atoms with van der Waals surface area (Å²) in [6, 6.07) is 12.6. The van der Waals surface area contributed by atoms with Gasteiger partial charge < -0.3 is 10.2 Å². The van der Waals surface area contributed by atoms with Gasteiger partial charge in [0.05, 0.1) is 0 Å². The number of hydrogen-bond acceptors (Lipinski definition) is 3. The number of carbonyl (C=O) groups excluding carboxylic acids is 2. The Balaban J connectivity index is 1.89. The molecule has 2 amide bonds. The number of nitrogens with one attached hydrogen (secondary N) is 1. The van der Waals surface area contributed by atoms with Gasteiger partial charge in [-0.05, 0) is 36.1 Å². The third-order valence-electron chi connectivity index (χ3n) is 5.16. The standard InChI is InChI=1S/C22H26ClN3O2/c23-15-20(27)26(16-17-7-3-1-4-8-17)21(18-11-13-24-14-12-18)22(28)25-19-9-5-2-6-10-19/h1,3-4,7-8,11-14,19,21H,2,5-6,9-10,15-16H2,(H,25,28)/t21-/m1/s1. The number of halogens is 1. The molecule has 1 aliphatic rings. The van der Waals surface area contributed by atoms with Crippen LogP contribution < -0.4 is 5.32 Å². The second-order valence-electron chi connectivity index (χ2n) is 7.17. The van der Waals surface area contributed by atoms with Crippen molar-refractivity contribution in [2.75, 3.05) is 5.88 Å². The SMILES string of the molecule is O=C(NC1CCCCC1)[C@@H](c1ccncc1)N(Cc1ccccc1)C(=O)CCl. The van der Waals surface area contributed by atoms with Gasteiger partial charge in [-0.1, -0.05) is 49.6 Å². The number of rotatable bonds is 7. The van der Waals surface area contributed by atoms with E-state index in [1.54, 1.807) is 29.4 Å². The molecule has 1 heterocycles. The fourth-order valence-corrected chi connectivity index (χ4v) is 3.88. The molecule has 28 heavy (non-hydrogen) atoms. The maximum absolute atomic E-state index is 13.3. The number of carbonyl (C=O) groups is 2. The molecule has 0 bridgehead atoms. The first-order valence-corrected chi connectivity index (χ1v) is 10.3. The first-order valence-electron chi connectivity index (χ1n) is 9.78. The topological polar surface area (TPSA) is 62.3 Å². The Hall–Kier alpha value is -2.40. The molecule has 1 fully saturated rings. The summed E-state index contributed by atoms with van der Waals surface area (Å²) in [5.41, 5.74) is 1.68. The number of nitrogens with zero attached hydrogens (tertiary/aromatic N) is 2. The van der Waals surface area contributed by atoms with Gasteiger partial charge >= 0.3 is 0 Å². The zero-order valence-electron chi connectivity index (χ0n) is 15.9. The smallest absolute Gasteiger partial charge is 0.247 e. The molecule has 1 aromatic carbocycles. The lowest BCUT2D eigenvalue weighted by Gasteiger charge is -2.33. The minimum absolute atomic E-state index is 0.160.